The van der Waals surface area contributed by atoms with Crippen LogP contribution < -0.4 is 0 Å². The van der Waals surface area contributed by atoms with Gasteiger partial charge in [-0.25, -0.2) is 9.13 Å². The van der Waals surface area contributed by atoms with E-state index in [9.17, 15) is 43.2 Å². The van der Waals surface area contributed by atoms with Gasteiger partial charge in [0, 0.05) is 25.7 Å². The van der Waals surface area contributed by atoms with Crippen molar-refractivity contribution in [2.24, 2.45) is 11.8 Å². The van der Waals surface area contributed by atoms with Crippen molar-refractivity contribution in [2.45, 2.75) is 374 Å². The van der Waals surface area contributed by atoms with Crippen molar-refractivity contribution in [3.8, 4) is 0 Å². The number of carbonyl (C=O) groups excluding carboxylic acids is 4. The number of rotatable bonds is 69. The van der Waals surface area contributed by atoms with Crippen LogP contribution >= 0.6 is 15.6 Å². The fraction of sp³-hybridized carbons (Fsp3) is 0.943. The van der Waals surface area contributed by atoms with Crippen molar-refractivity contribution >= 4 is 39.5 Å². The van der Waals surface area contributed by atoms with E-state index >= 15 is 0 Å². The van der Waals surface area contributed by atoms with Crippen LogP contribution in [0.1, 0.15) is 356 Å². The first-order valence-electron chi connectivity index (χ1n) is 36.5. The zero-order valence-corrected chi connectivity index (χ0v) is 59.5. The molecule has 19 heteroatoms. The van der Waals surface area contributed by atoms with Gasteiger partial charge in [-0.2, -0.15) is 0 Å². The predicted octanol–water partition coefficient (Wildman–Crippen LogP) is 20.0. The maximum Gasteiger partial charge on any atom is 0.472 e. The highest BCUT2D eigenvalue weighted by atomic mass is 31.2. The number of ether oxygens (including phenoxy) is 4. The Morgan fingerprint density at radius 3 is 0.764 bits per heavy atom. The molecule has 2 unspecified atom stereocenters. The molecule has 5 atom stereocenters. The lowest BCUT2D eigenvalue weighted by molar-refractivity contribution is -0.161. The maximum absolute atomic E-state index is 13.0. The fourth-order valence-electron chi connectivity index (χ4n) is 10.6. The number of esters is 4. The van der Waals surface area contributed by atoms with E-state index in [1.807, 2.05) is 0 Å². The Hall–Kier alpha value is -1.94. The van der Waals surface area contributed by atoms with Gasteiger partial charge in [-0.1, -0.05) is 305 Å². The average molecular weight is 1310 g/mol. The highest BCUT2D eigenvalue weighted by Crippen LogP contribution is 2.45. The Morgan fingerprint density at radius 1 is 0.303 bits per heavy atom. The van der Waals surface area contributed by atoms with Crippen molar-refractivity contribution < 1.29 is 80.2 Å². The first kappa shape index (κ1) is 87.1. The van der Waals surface area contributed by atoms with Gasteiger partial charge in [-0.3, -0.25) is 37.3 Å². The molecule has 0 aliphatic rings. The van der Waals surface area contributed by atoms with E-state index in [0.29, 0.717) is 25.7 Å². The summed E-state index contributed by atoms with van der Waals surface area (Å²) in [5, 5.41) is 10.6. The predicted molar refractivity (Wildman–Crippen MR) is 358 cm³/mol. The maximum atomic E-state index is 13.0. The van der Waals surface area contributed by atoms with E-state index < -0.39 is 97.5 Å². The van der Waals surface area contributed by atoms with Crippen molar-refractivity contribution in [3.05, 3.63) is 0 Å². The second kappa shape index (κ2) is 62.2. The number of unbranched alkanes of at least 4 members (excludes halogenated alkanes) is 39. The van der Waals surface area contributed by atoms with Crippen molar-refractivity contribution in [2.75, 3.05) is 39.6 Å². The summed E-state index contributed by atoms with van der Waals surface area (Å²) in [5.74, 6) is -0.574. The second-order valence-corrected chi connectivity index (χ2v) is 29.1. The van der Waals surface area contributed by atoms with Gasteiger partial charge in [0.05, 0.1) is 26.4 Å². The van der Waals surface area contributed by atoms with Gasteiger partial charge in [0.25, 0.3) is 0 Å². The number of hydrogen-bond acceptors (Lipinski definition) is 15. The molecule has 0 heterocycles. The first-order valence-corrected chi connectivity index (χ1v) is 39.5. The summed E-state index contributed by atoms with van der Waals surface area (Å²) in [7, 11) is -9.89. The highest BCUT2D eigenvalue weighted by Gasteiger charge is 2.30. The minimum absolute atomic E-state index is 0.106. The molecule has 0 aromatic carbocycles. The Bertz CT molecular complexity index is 1730. The van der Waals surface area contributed by atoms with Crippen LogP contribution in [0.15, 0.2) is 0 Å². The summed E-state index contributed by atoms with van der Waals surface area (Å²) in [6, 6.07) is 0. The second-order valence-electron chi connectivity index (χ2n) is 26.2. The van der Waals surface area contributed by atoms with Crippen molar-refractivity contribution in [1.82, 2.24) is 0 Å². The molecule has 3 N–H and O–H groups in total. The lowest BCUT2D eigenvalue weighted by Gasteiger charge is -2.21. The van der Waals surface area contributed by atoms with E-state index in [1.54, 1.807) is 0 Å². The van der Waals surface area contributed by atoms with Crippen LogP contribution in [0.2, 0.25) is 0 Å². The summed E-state index contributed by atoms with van der Waals surface area (Å²) in [5.41, 5.74) is 0. The largest absolute Gasteiger partial charge is 0.472 e. The third-order valence-corrected chi connectivity index (χ3v) is 18.1. The Balaban J connectivity index is 5.18. The van der Waals surface area contributed by atoms with E-state index in [4.69, 9.17) is 37.0 Å². The molecule has 0 amide bonds. The summed E-state index contributed by atoms with van der Waals surface area (Å²) in [6.07, 6.45) is 47.3. The third kappa shape index (κ3) is 64.6. The van der Waals surface area contributed by atoms with E-state index in [0.717, 1.165) is 102 Å². The van der Waals surface area contributed by atoms with Crippen LogP contribution in [0.4, 0.5) is 0 Å². The molecule has 0 radical (unpaired) electrons. The van der Waals surface area contributed by atoms with Gasteiger partial charge < -0.3 is 33.8 Å². The number of phosphoric acid groups is 2. The van der Waals surface area contributed by atoms with E-state index in [-0.39, 0.29) is 25.7 Å². The van der Waals surface area contributed by atoms with Crippen LogP contribution in [0.25, 0.3) is 0 Å². The number of phosphoric ester groups is 2. The number of aliphatic hydroxyl groups excluding tert-OH is 1. The Morgan fingerprint density at radius 2 is 0.517 bits per heavy atom. The fourth-order valence-corrected chi connectivity index (χ4v) is 12.2. The summed E-state index contributed by atoms with van der Waals surface area (Å²) in [6.45, 7) is 9.53. The van der Waals surface area contributed by atoms with E-state index in [1.165, 1.54) is 173 Å². The Labute approximate surface area is 543 Å². The number of carbonyl (C=O) groups is 4. The third-order valence-electron chi connectivity index (χ3n) is 16.2. The SMILES string of the molecule is CCCCCCCCCCCC(=O)OC[C@H](COP(=O)(O)OC[C@H](O)COP(=O)(O)OC[C@@H](COC(=O)CCCCCCCCCCCC(C)C)OC(=O)CCCCCCCCCCCCCCCCCCC(C)C)OC(=O)CCCCCCCCCCC. The molecule has 0 fully saturated rings. The quantitative estimate of drug-likeness (QED) is 0.0222. The standard InChI is InChI=1S/C70H136O17P2/c1-7-9-11-13-15-26-34-40-46-52-67(72)80-58-65(86-69(74)54-48-42-36-27-16-14-12-10-8-2)60-84-88(76,77)82-56-64(71)57-83-89(78,79)85-61-66(59-81-68(73)53-47-41-35-31-25-29-33-39-45-51-63(5)6)87-70(75)55-49-43-37-30-24-22-20-18-17-19-21-23-28-32-38-44-50-62(3)4/h62-66,71H,7-61H2,1-6H3,(H,76,77)(H,78,79)/t64-,65+,66+/m0/s1. The van der Waals surface area contributed by atoms with E-state index in [2.05, 4.69) is 41.5 Å². The van der Waals surface area contributed by atoms with Gasteiger partial charge >= 0.3 is 39.5 Å². The van der Waals surface area contributed by atoms with Gasteiger partial charge in [0.15, 0.2) is 12.2 Å². The summed E-state index contributed by atoms with van der Waals surface area (Å²) in [4.78, 5) is 72.4. The summed E-state index contributed by atoms with van der Waals surface area (Å²) >= 11 is 0. The normalized spacial score (nSPS) is 14.1. The Kier molecular flexibility index (Phi) is 60.8. The molecule has 0 spiro atoms. The molecule has 0 bridgehead atoms. The van der Waals surface area contributed by atoms with Gasteiger partial charge in [0.1, 0.15) is 19.3 Å². The lowest BCUT2D eigenvalue weighted by atomic mass is 10.0. The van der Waals surface area contributed by atoms with Crippen LogP contribution in [0, 0.1) is 11.8 Å². The monoisotopic (exact) mass is 1310 g/mol. The first-order chi connectivity index (χ1) is 42.9. The molecule has 0 aromatic heterocycles. The molecular formula is C70H136O17P2. The van der Waals surface area contributed by atoms with Gasteiger partial charge in [0.2, 0.25) is 0 Å². The minimum atomic E-state index is -4.95. The number of hydrogen-bond donors (Lipinski definition) is 3. The molecule has 0 rings (SSSR count). The molecule has 0 aliphatic heterocycles. The molecule has 17 nitrogen and oxygen atoms in total. The number of aliphatic hydroxyl groups is 1. The molecule has 0 aromatic rings. The van der Waals surface area contributed by atoms with Gasteiger partial charge in [-0.15, -0.1) is 0 Å². The molecular weight excluding hydrogens is 1170 g/mol. The van der Waals surface area contributed by atoms with Crippen molar-refractivity contribution in [1.29, 1.82) is 0 Å². The van der Waals surface area contributed by atoms with Crippen LogP contribution in [-0.4, -0.2) is 96.7 Å². The van der Waals surface area contributed by atoms with Gasteiger partial charge in [-0.05, 0) is 37.5 Å². The zero-order valence-electron chi connectivity index (χ0n) is 57.7. The van der Waals surface area contributed by atoms with Crippen LogP contribution in [-0.2, 0) is 65.4 Å². The molecule has 0 saturated heterocycles. The minimum Gasteiger partial charge on any atom is -0.462 e. The lowest BCUT2D eigenvalue weighted by Crippen LogP contribution is -2.30. The van der Waals surface area contributed by atoms with Crippen molar-refractivity contribution in [3.63, 3.8) is 0 Å². The van der Waals surface area contributed by atoms with Crippen LogP contribution in [0.3, 0.4) is 0 Å². The molecule has 528 valence electrons. The van der Waals surface area contributed by atoms with Crippen LogP contribution in [0.5, 0.6) is 0 Å². The molecule has 89 heavy (non-hydrogen) atoms. The molecule has 0 saturated carbocycles. The average Bonchev–Trinajstić information content (AvgIpc) is 3.64. The highest BCUT2D eigenvalue weighted by molar-refractivity contribution is 7.47. The topological polar surface area (TPSA) is 237 Å². The molecule has 0 aliphatic carbocycles. The zero-order chi connectivity index (χ0) is 65.7. The summed E-state index contributed by atoms with van der Waals surface area (Å²) < 4.78 is 68.2. The smallest absolute Gasteiger partial charge is 0.462 e.